The predicted octanol–water partition coefficient (Wildman–Crippen LogP) is 7.58. The van der Waals surface area contributed by atoms with Crippen molar-refractivity contribution in [3.8, 4) is 6.07 Å². The lowest BCUT2D eigenvalue weighted by Crippen LogP contribution is -2.37. The average Bonchev–Trinajstić information content (AvgIpc) is 2.94. The van der Waals surface area contributed by atoms with Crippen LogP contribution >= 0.6 is 0 Å². The maximum Gasteiger partial charge on any atom is 0.158 e. The maximum atomic E-state index is 15.2. The molecule has 0 bridgehead atoms. The standard InChI is InChI=1S/C32H36F3NO3/c1-2-3-4-5-6-15-37-26-20-38-31(39-21-26)14-9-22-8-13-27-25(16-22)12-11-24(32(27)35)10-7-23-17-29(33)28(19-36)30(34)18-23/h8,11-13,16-18,26,31H,2-7,9-10,14-15,20-21H2,1H3. The molecule has 208 valence electrons. The maximum absolute atomic E-state index is 15.2. The van der Waals surface area contributed by atoms with Crippen molar-refractivity contribution in [2.24, 2.45) is 0 Å². The van der Waals surface area contributed by atoms with Gasteiger partial charge in [-0.3, -0.25) is 0 Å². The van der Waals surface area contributed by atoms with Gasteiger partial charge in [-0.25, -0.2) is 13.2 Å². The highest BCUT2D eigenvalue weighted by molar-refractivity contribution is 5.84. The SMILES string of the molecule is CCCCCCCOC1COC(CCc2ccc3c(F)c(CCc4cc(F)c(C#N)c(F)c4)ccc3c2)OC1. The highest BCUT2D eigenvalue weighted by atomic mass is 19.1. The van der Waals surface area contributed by atoms with E-state index in [-0.39, 0.29) is 31.1 Å². The van der Waals surface area contributed by atoms with E-state index in [0.29, 0.717) is 36.1 Å². The van der Waals surface area contributed by atoms with Gasteiger partial charge >= 0.3 is 0 Å². The van der Waals surface area contributed by atoms with E-state index in [2.05, 4.69) is 6.92 Å². The number of halogens is 3. The van der Waals surface area contributed by atoms with Crippen molar-refractivity contribution in [1.29, 1.82) is 5.26 Å². The average molecular weight is 540 g/mol. The fourth-order valence-corrected chi connectivity index (χ4v) is 4.92. The quantitative estimate of drug-likeness (QED) is 0.210. The first-order valence-electron chi connectivity index (χ1n) is 13.9. The van der Waals surface area contributed by atoms with Crippen molar-refractivity contribution < 1.29 is 27.4 Å². The highest BCUT2D eigenvalue weighted by Gasteiger charge is 2.22. The first-order chi connectivity index (χ1) is 19.0. The van der Waals surface area contributed by atoms with Gasteiger partial charge in [0, 0.05) is 18.4 Å². The molecular weight excluding hydrogens is 503 g/mol. The molecule has 4 rings (SSSR count). The van der Waals surface area contributed by atoms with Crippen molar-refractivity contribution in [3.63, 3.8) is 0 Å². The number of aryl methyl sites for hydroxylation is 3. The summed E-state index contributed by atoms with van der Waals surface area (Å²) in [5.41, 5.74) is 1.32. The first kappa shape index (κ1) is 29.1. The van der Waals surface area contributed by atoms with Crippen LogP contribution in [0.25, 0.3) is 10.8 Å². The normalized spacial score (nSPS) is 17.4. The summed E-state index contributed by atoms with van der Waals surface area (Å²) in [5, 5.41) is 10.1. The smallest absolute Gasteiger partial charge is 0.158 e. The number of hydrogen-bond acceptors (Lipinski definition) is 4. The third kappa shape index (κ3) is 8.04. The van der Waals surface area contributed by atoms with E-state index in [4.69, 9.17) is 19.5 Å². The largest absolute Gasteiger partial charge is 0.373 e. The molecule has 1 heterocycles. The van der Waals surface area contributed by atoms with Gasteiger partial charge in [-0.2, -0.15) is 5.26 Å². The molecule has 1 aliphatic heterocycles. The van der Waals surface area contributed by atoms with Crippen LogP contribution in [0.3, 0.4) is 0 Å². The van der Waals surface area contributed by atoms with Crippen molar-refractivity contribution in [2.75, 3.05) is 19.8 Å². The Hall–Kier alpha value is -2.92. The molecule has 3 aromatic rings. The number of unbranched alkanes of at least 4 members (excludes halogenated alkanes) is 4. The van der Waals surface area contributed by atoms with Gasteiger partial charge in [-0.1, -0.05) is 62.9 Å². The molecule has 3 aromatic carbocycles. The number of rotatable bonds is 13. The van der Waals surface area contributed by atoms with E-state index in [1.807, 2.05) is 18.2 Å². The number of benzene rings is 3. The fraction of sp³-hybridized carbons (Fsp3) is 0.469. The molecule has 1 saturated heterocycles. The molecule has 0 N–H and O–H groups in total. The third-order valence-corrected chi connectivity index (χ3v) is 7.20. The first-order valence-corrected chi connectivity index (χ1v) is 13.9. The molecule has 4 nitrogen and oxygen atoms in total. The van der Waals surface area contributed by atoms with Crippen LogP contribution in [0.4, 0.5) is 13.2 Å². The Kier molecular flexibility index (Phi) is 10.8. The zero-order valence-electron chi connectivity index (χ0n) is 22.5. The van der Waals surface area contributed by atoms with E-state index in [1.54, 1.807) is 12.1 Å². The summed E-state index contributed by atoms with van der Waals surface area (Å²) in [5.74, 6) is -2.13. The highest BCUT2D eigenvalue weighted by Crippen LogP contribution is 2.25. The Morgan fingerprint density at radius 3 is 2.33 bits per heavy atom. The van der Waals surface area contributed by atoms with Crippen LogP contribution in [0.1, 0.15) is 67.7 Å². The van der Waals surface area contributed by atoms with Gasteiger partial charge in [0.1, 0.15) is 35.2 Å². The minimum atomic E-state index is -0.899. The van der Waals surface area contributed by atoms with Gasteiger partial charge in [0.15, 0.2) is 6.29 Å². The summed E-state index contributed by atoms with van der Waals surface area (Å²) in [6, 6.07) is 13.0. The summed E-state index contributed by atoms with van der Waals surface area (Å²) in [6.45, 7) is 4.02. The fourth-order valence-electron chi connectivity index (χ4n) is 4.92. The van der Waals surface area contributed by atoms with Crippen LogP contribution in [0.2, 0.25) is 0 Å². The van der Waals surface area contributed by atoms with Gasteiger partial charge in [-0.05, 0) is 59.9 Å². The van der Waals surface area contributed by atoms with E-state index < -0.39 is 17.2 Å². The molecule has 39 heavy (non-hydrogen) atoms. The Morgan fingerprint density at radius 1 is 0.872 bits per heavy atom. The van der Waals surface area contributed by atoms with Crippen molar-refractivity contribution >= 4 is 10.8 Å². The van der Waals surface area contributed by atoms with Gasteiger partial charge < -0.3 is 14.2 Å². The van der Waals surface area contributed by atoms with E-state index in [9.17, 15) is 8.78 Å². The van der Waals surface area contributed by atoms with Crippen LogP contribution in [-0.2, 0) is 33.5 Å². The summed E-state index contributed by atoms with van der Waals surface area (Å²) < 4.78 is 60.6. The Balaban J connectivity index is 1.25. The minimum absolute atomic E-state index is 0.0137. The Labute approximate surface area is 228 Å². The Bertz CT molecular complexity index is 1260. The third-order valence-electron chi connectivity index (χ3n) is 7.20. The molecule has 0 amide bonds. The molecule has 0 unspecified atom stereocenters. The number of nitrogens with zero attached hydrogens (tertiary/aromatic N) is 1. The van der Waals surface area contributed by atoms with Crippen LogP contribution in [0, 0.1) is 28.8 Å². The molecule has 0 saturated carbocycles. The topological polar surface area (TPSA) is 51.5 Å². The summed E-state index contributed by atoms with van der Waals surface area (Å²) >= 11 is 0. The zero-order chi connectivity index (χ0) is 27.6. The molecule has 7 heteroatoms. The van der Waals surface area contributed by atoms with Crippen molar-refractivity contribution in [3.05, 3.63) is 82.2 Å². The second-order valence-electron chi connectivity index (χ2n) is 10.2. The monoisotopic (exact) mass is 539 g/mol. The summed E-state index contributed by atoms with van der Waals surface area (Å²) in [7, 11) is 0. The zero-order valence-corrected chi connectivity index (χ0v) is 22.5. The molecule has 0 aliphatic carbocycles. The molecule has 0 radical (unpaired) electrons. The van der Waals surface area contributed by atoms with Crippen molar-refractivity contribution in [1.82, 2.24) is 0 Å². The van der Waals surface area contributed by atoms with Crippen molar-refractivity contribution in [2.45, 2.75) is 77.1 Å². The molecule has 0 aromatic heterocycles. The van der Waals surface area contributed by atoms with E-state index >= 15 is 4.39 Å². The number of fused-ring (bicyclic) bond motifs is 1. The van der Waals surface area contributed by atoms with Gasteiger partial charge in [0.25, 0.3) is 0 Å². The van der Waals surface area contributed by atoms with Crippen LogP contribution in [0.5, 0.6) is 0 Å². The number of hydrogen-bond donors (Lipinski definition) is 0. The second-order valence-corrected chi connectivity index (χ2v) is 10.2. The molecular formula is C32H36F3NO3. The second kappa shape index (κ2) is 14.5. The predicted molar refractivity (Wildman–Crippen MR) is 145 cm³/mol. The van der Waals surface area contributed by atoms with E-state index in [1.165, 1.54) is 31.8 Å². The summed E-state index contributed by atoms with van der Waals surface area (Å²) in [4.78, 5) is 0. The lowest BCUT2D eigenvalue weighted by atomic mass is 9.97. The number of nitriles is 1. The summed E-state index contributed by atoms with van der Waals surface area (Å²) in [6.07, 6.45) is 7.73. The molecule has 1 aliphatic rings. The van der Waals surface area contributed by atoms with Crippen LogP contribution < -0.4 is 0 Å². The molecule has 0 spiro atoms. The Morgan fingerprint density at radius 2 is 1.62 bits per heavy atom. The number of ether oxygens (including phenoxy) is 3. The lowest BCUT2D eigenvalue weighted by Gasteiger charge is -2.29. The minimum Gasteiger partial charge on any atom is -0.373 e. The molecule has 0 atom stereocenters. The van der Waals surface area contributed by atoms with Gasteiger partial charge in [0.05, 0.1) is 13.2 Å². The lowest BCUT2D eigenvalue weighted by molar-refractivity contribution is -0.227. The van der Waals surface area contributed by atoms with Gasteiger partial charge in [0.2, 0.25) is 0 Å². The molecule has 1 fully saturated rings. The van der Waals surface area contributed by atoms with Gasteiger partial charge in [-0.15, -0.1) is 0 Å². The van der Waals surface area contributed by atoms with Crippen LogP contribution in [-0.4, -0.2) is 32.2 Å². The van der Waals surface area contributed by atoms with Crippen LogP contribution in [0.15, 0.2) is 42.5 Å². The van der Waals surface area contributed by atoms with E-state index in [0.717, 1.165) is 42.5 Å².